The first-order chi connectivity index (χ1) is 16.5. The molecule has 0 saturated heterocycles. The van der Waals surface area contributed by atoms with Crippen LogP contribution in [0.4, 0.5) is 0 Å². The van der Waals surface area contributed by atoms with E-state index in [-0.39, 0.29) is 12.1 Å². The van der Waals surface area contributed by atoms with Crippen molar-refractivity contribution in [2.75, 3.05) is 7.11 Å². The first-order valence-corrected chi connectivity index (χ1v) is 11.0. The summed E-state index contributed by atoms with van der Waals surface area (Å²) in [5.74, 6) is 1.41. The van der Waals surface area contributed by atoms with Gasteiger partial charge in [0.2, 0.25) is 5.78 Å². The Kier molecular flexibility index (Phi) is 5.41. The zero-order chi connectivity index (χ0) is 23.8. The van der Waals surface area contributed by atoms with Crippen LogP contribution in [0.1, 0.15) is 16.8 Å². The summed E-state index contributed by atoms with van der Waals surface area (Å²) >= 11 is 0. The summed E-state index contributed by atoms with van der Waals surface area (Å²) in [6, 6.07) is 17.6. The second-order valence-electron chi connectivity index (χ2n) is 8.23. The molecule has 0 spiro atoms. The highest BCUT2D eigenvalue weighted by molar-refractivity contribution is 5.75. The summed E-state index contributed by atoms with van der Waals surface area (Å²) in [5, 5.41) is 0. The normalized spacial score (nSPS) is 11.7. The van der Waals surface area contributed by atoms with Gasteiger partial charge in [-0.05, 0) is 30.2 Å². The van der Waals surface area contributed by atoms with Gasteiger partial charge in [-0.3, -0.25) is 18.3 Å². The van der Waals surface area contributed by atoms with Gasteiger partial charge in [-0.25, -0.2) is 4.79 Å². The maximum absolute atomic E-state index is 13.4. The van der Waals surface area contributed by atoms with E-state index in [1.54, 1.807) is 18.6 Å². The number of allylic oxidation sites excluding steroid dienone is 1. The molecule has 0 saturated carbocycles. The van der Waals surface area contributed by atoms with Gasteiger partial charge < -0.3 is 9.30 Å². The van der Waals surface area contributed by atoms with Gasteiger partial charge in [0.1, 0.15) is 5.75 Å². The number of nitrogens with zero attached hydrogens (tertiary/aromatic N) is 5. The Labute approximate surface area is 195 Å². The highest BCUT2D eigenvalue weighted by atomic mass is 16.5. The van der Waals surface area contributed by atoms with Gasteiger partial charge in [-0.15, -0.1) is 0 Å². The first-order valence-electron chi connectivity index (χ1n) is 11.0. The minimum Gasteiger partial charge on any atom is -0.497 e. The zero-order valence-electron chi connectivity index (χ0n) is 19.3. The number of hydrogen-bond acceptors (Lipinski definition) is 4. The van der Waals surface area contributed by atoms with Crippen molar-refractivity contribution in [1.82, 2.24) is 23.1 Å². The lowest BCUT2D eigenvalue weighted by Gasteiger charge is -2.07. The number of fused-ring (bicyclic) bond motifs is 3. The molecule has 0 radical (unpaired) electrons. The number of rotatable bonds is 6. The third-order valence-corrected chi connectivity index (χ3v) is 6.04. The van der Waals surface area contributed by atoms with Crippen LogP contribution in [0, 0.1) is 6.92 Å². The van der Waals surface area contributed by atoms with Gasteiger partial charge in [0.05, 0.1) is 13.7 Å². The molecular weight excluding hydrogens is 430 g/mol. The largest absolute Gasteiger partial charge is 0.497 e. The Morgan fingerprint density at radius 1 is 1.00 bits per heavy atom. The number of ether oxygens (including phenoxy) is 1. The topological polar surface area (TPSA) is 75.5 Å². The molecular formula is C26H25N5O3. The highest BCUT2D eigenvalue weighted by Crippen LogP contribution is 2.19. The molecule has 8 heteroatoms. The minimum absolute atomic E-state index is 0.176. The quantitative estimate of drug-likeness (QED) is 0.394. The van der Waals surface area contributed by atoms with Crippen LogP contribution in [-0.4, -0.2) is 30.2 Å². The van der Waals surface area contributed by atoms with Crippen molar-refractivity contribution in [1.29, 1.82) is 0 Å². The van der Waals surface area contributed by atoms with Gasteiger partial charge in [0, 0.05) is 25.5 Å². The third kappa shape index (κ3) is 3.63. The highest BCUT2D eigenvalue weighted by Gasteiger charge is 2.20. The van der Waals surface area contributed by atoms with Crippen molar-refractivity contribution < 1.29 is 4.74 Å². The van der Waals surface area contributed by atoms with Crippen LogP contribution in [-0.2, 0) is 20.1 Å². The fourth-order valence-corrected chi connectivity index (χ4v) is 4.18. The Morgan fingerprint density at radius 2 is 1.74 bits per heavy atom. The monoisotopic (exact) mass is 455 g/mol. The summed E-state index contributed by atoms with van der Waals surface area (Å²) in [4.78, 5) is 31.1. The van der Waals surface area contributed by atoms with E-state index in [1.165, 1.54) is 9.13 Å². The van der Waals surface area contributed by atoms with E-state index >= 15 is 0 Å². The molecule has 34 heavy (non-hydrogen) atoms. The first kappa shape index (κ1) is 21.5. The molecule has 0 atom stereocenters. The Bertz CT molecular complexity index is 1630. The van der Waals surface area contributed by atoms with Gasteiger partial charge >= 0.3 is 5.69 Å². The standard InChI is InChI=1S/C26H25N5O3/c1-18-16-31-22-23(27-25(31)30(18)17-20-11-13-21(34-3)14-12-20)28(2)26(33)29(24(22)32)15-7-10-19-8-5-4-6-9-19/h4-14,16H,15,17H2,1-3H3/b10-7+. The Balaban J connectivity index is 1.59. The number of aromatic nitrogens is 5. The predicted molar refractivity (Wildman–Crippen MR) is 132 cm³/mol. The van der Waals surface area contributed by atoms with Crippen LogP contribution < -0.4 is 16.0 Å². The molecule has 0 aliphatic heterocycles. The van der Waals surface area contributed by atoms with Crippen molar-refractivity contribution in [3.8, 4) is 5.75 Å². The molecule has 0 bridgehead atoms. The fraction of sp³-hybridized carbons (Fsp3) is 0.192. The second kappa shape index (κ2) is 8.55. The van der Waals surface area contributed by atoms with Crippen LogP contribution >= 0.6 is 0 Å². The van der Waals surface area contributed by atoms with Gasteiger partial charge in [0.25, 0.3) is 5.56 Å². The molecule has 3 heterocycles. The van der Waals surface area contributed by atoms with Gasteiger partial charge in [-0.1, -0.05) is 54.6 Å². The molecule has 5 aromatic rings. The van der Waals surface area contributed by atoms with Crippen molar-refractivity contribution in [3.05, 3.63) is 105 Å². The number of benzene rings is 2. The SMILES string of the molecule is COc1ccc(Cn2c(C)cn3c4c(=O)n(C/C=C/c5ccccc5)c(=O)n(C)c4nc23)cc1. The molecule has 0 fully saturated rings. The van der Waals surface area contributed by atoms with Crippen LogP contribution in [0.15, 0.2) is 76.5 Å². The molecule has 3 aromatic heterocycles. The fourth-order valence-electron chi connectivity index (χ4n) is 4.18. The summed E-state index contributed by atoms with van der Waals surface area (Å²) in [7, 11) is 3.29. The summed E-state index contributed by atoms with van der Waals surface area (Å²) < 4.78 is 11.7. The lowest BCUT2D eigenvalue weighted by Crippen LogP contribution is -2.39. The second-order valence-corrected chi connectivity index (χ2v) is 8.23. The number of hydrogen-bond donors (Lipinski definition) is 0. The van der Waals surface area contributed by atoms with Crippen molar-refractivity contribution in [3.63, 3.8) is 0 Å². The van der Waals surface area contributed by atoms with E-state index < -0.39 is 5.69 Å². The zero-order valence-corrected chi connectivity index (χ0v) is 19.3. The van der Waals surface area contributed by atoms with Crippen molar-refractivity contribution in [2.45, 2.75) is 20.0 Å². The number of imidazole rings is 2. The molecule has 5 rings (SSSR count). The molecule has 0 unspecified atom stereocenters. The van der Waals surface area contributed by atoms with Crippen LogP contribution in [0.5, 0.6) is 5.75 Å². The Hall–Kier alpha value is -4.33. The van der Waals surface area contributed by atoms with E-state index in [2.05, 4.69) is 4.98 Å². The summed E-state index contributed by atoms with van der Waals surface area (Å²) in [6.07, 6.45) is 5.62. The van der Waals surface area contributed by atoms with E-state index in [0.29, 0.717) is 23.5 Å². The van der Waals surface area contributed by atoms with Crippen LogP contribution in [0.2, 0.25) is 0 Å². The average Bonchev–Trinajstić information content (AvgIpc) is 3.36. The van der Waals surface area contributed by atoms with Gasteiger partial charge in [0.15, 0.2) is 11.2 Å². The molecule has 8 nitrogen and oxygen atoms in total. The molecule has 0 aliphatic carbocycles. The summed E-state index contributed by atoms with van der Waals surface area (Å²) in [6.45, 7) is 2.74. The van der Waals surface area contributed by atoms with E-state index in [1.807, 2.05) is 84.4 Å². The van der Waals surface area contributed by atoms with Crippen LogP contribution in [0.3, 0.4) is 0 Å². The molecule has 172 valence electrons. The maximum Gasteiger partial charge on any atom is 0.332 e. The lowest BCUT2D eigenvalue weighted by molar-refractivity contribution is 0.414. The minimum atomic E-state index is -0.394. The maximum atomic E-state index is 13.4. The number of methoxy groups -OCH3 is 1. The average molecular weight is 456 g/mol. The Morgan fingerprint density at radius 3 is 2.44 bits per heavy atom. The van der Waals surface area contributed by atoms with E-state index in [9.17, 15) is 9.59 Å². The molecule has 0 aliphatic rings. The van der Waals surface area contributed by atoms with E-state index in [4.69, 9.17) is 4.74 Å². The van der Waals surface area contributed by atoms with Gasteiger partial charge in [-0.2, -0.15) is 4.98 Å². The molecule has 0 N–H and O–H groups in total. The van der Waals surface area contributed by atoms with Crippen molar-refractivity contribution >= 4 is 23.0 Å². The van der Waals surface area contributed by atoms with Crippen LogP contribution in [0.25, 0.3) is 23.0 Å². The van der Waals surface area contributed by atoms with Crippen molar-refractivity contribution in [2.24, 2.45) is 7.05 Å². The summed E-state index contributed by atoms with van der Waals surface area (Å²) in [5.41, 5.74) is 3.06. The smallest absolute Gasteiger partial charge is 0.332 e. The van der Waals surface area contributed by atoms with E-state index in [0.717, 1.165) is 22.6 Å². The third-order valence-electron chi connectivity index (χ3n) is 6.04. The molecule has 2 aromatic carbocycles. The predicted octanol–water partition coefficient (Wildman–Crippen LogP) is 3.23. The molecule has 0 amide bonds. The number of aryl methyl sites for hydroxylation is 2. The lowest BCUT2D eigenvalue weighted by atomic mass is 10.2.